The second-order valence-electron chi connectivity index (χ2n) is 7.45. The van der Waals surface area contributed by atoms with Gasteiger partial charge in [-0.15, -0.1) is 0 Å². The van der Waals surface area contributed by atoms with E-state index in [4.69, 9.17) is 25.9 Å². The number of hydrogen-bond acceptors (Lipinski definition) is 5. The van der Waals surface area contributed by atoms with Gasteiger partial charge in [-0.25, -0.2) is 5.01 Å². The summed E-state index contributed by atoms with van der Waals surface area (Å²) in [5.74, 6) is 1.91. The second-order valence-corrected chi connectivity index (χ2v) is 7.89. The van der Waals surface area contributed by atoms with E-state index in [9.17, 15) is 4.79 Å². The van der Waals surface area contributed by atoms with Crippen LogP contribution in [-0.2, 0) is 10.5 Å². The van der Waals surface area contributed by atoms with Crippen LogP contribution in [0.3, 0.4) is 0 Å². The number of carbonyl (C=O) groups excluding carboxylic acids is 1. The van der Waals surface area contributed by atoms with Crippen molar-refractivity contribution in [1.29, 1.82) is 0 Å². The summed E-state index contributed by atoms with van der Waals surface area (Å²) >= 11 is 6.28. The zero-order chi connectivity index (χ0) is 19.8. The van der Waals surface area contributed by atoms with Gasteiger partial charge < -0.3 is 14.5 Å². The molecule has 3 aromatic rings. The summed E-state index contributed by atoms with van der Waals surface area (Å²) in [5.41, 5.74) is 1.70. The fourth-order valence-electron chi connectivity index (χ4n) is 4.40. The lowest BCUT2D eigenvalue weighted by Crippen LogP contribution is -2.55. The topological polar surface area (TPSA) is 67.1 Å². The van der Waals surface area contributed by atoms with E-state index in [0.717, 1.165) is 17.0 Å². The first-order valence-electron chi connectivity index (χ1n) is 9.39. The average molecular weight is 406 g/mol. The minimum Gasteiger partial charge on any atom is -0.460 e. The van der Waals surface area contributed by atoms with Gasteiger partial charge in [-0.1, -0.05) is 29.8 Å². The van der Waals surface area contributed by atoms with Crippen molar-refractivity contribution in [3.63, 3.8) is 0 Å². The minimum absolute atomic E-state index is 0.156. The number of amides is 1. The Kier molecular flexibility index (Phi) is 3.24. The first kappa shape index (κ1) is 16.7. The Morgan fingerprint density at radius 2 is 2.07 bits per heavy atom. The summed E-state index contributed by atoms with van der Waals surface area (Å²) in [5, 5.41) is 10.1. The number of carbonyl (C=O) groups is 1. The van der Waals surface area contributed by atoms with Crippen molar-refractivity contribution in [2.24, 2.45) is 5.10 Å². The third-order valence-electron chi connectivity index (χ3n) is 5.70. The van der Waals surface area contributed by atoms with Crippen LogP contribution in [0.1, 0.15) is 35.1 Å². The highest BCUT2D eigenvalue weighted by Gasteiger charge is 2.61. The predicted molar refractivity (Wildman–Crippen MR) is 108 cm³/mol. The maximum atomic E-state index is 13.3. The lowest BCUT2D eigenvalue weighted by Gasteiger charge is -2.43. The normalized spacial score (nSPS) is 23.9. The van der Waals surface area contributed by atoms with Crippen molar-refractivity contribution < 1.29 is 13.9 Å². The number of nitrogens with zero attached hydrogens (tertiary/aromatic N) is 2. The third kappa shape index (κ3) is 2.17. The van der Waals surface area contributed by atoms with Crippen LogP contribution >= 0.6 is 11.6 Å². The van der Waals surface area contributed by atoms with E-state index < -0.39 is 5.72 Å². The molecule has 6 rings (SSSR count). The molecule has 29 heavy (non-hydrogen) atoms. The van der Waals surface area contributed by atoms with Gasteiger partial charge in [0.1, 0.15) is 23.0 Å². The van der Waals surface area contributed by atoms with Crippen LogP contribution in [0.25, 0.3) is 0 Å². The molecule has 2 aromatic carbocycles. The number of hydrogen-bond donors (Lipinski definition) is 1. The molecule has 4 heterocycles. The average Bonchev–Trinajstić information content (AvgIpc) is 3.40. The van der Waals surface area contributed by atoms with E-state index in [0.29, 0.717) is 34.2 Å². The maximum absolute atomic E-state index is 13.3. The molecule has 1 aromatic heterocycles. The molecule has 7 heteroatoms. The highest BCUT2D eigenvalue weighted by atomic mass is 35.5. The summed E-state index contributed by atoms with van der Waals surface area (Å²) in [7, 11) is 0. The van der Waals surface area contributed by atoms with E-state index >= 15 is 0 Å². The summed E-state index contributed by atoms with van der Waals surface area (Å²) < 4.78 is 12.2. The summed E-state index contributed by atoms with van der Waals surface area (Å²) in [6.07, 6.45) is 0.609. The van der Waals surface area contributed by atoms with Crippen molar-refractivity contribution in [2.75, 3.05) is 5.32 Å². The van der Waals surface area contributed by atoms with Crippen LogP contribution in [0.5, 0.6) is 5.75 Å². The Balaban J connectivity index is 1.59. The zero-order valence-corrected chi connectivity index (χ0v) is 16.2. The summed E-state index contributed by atoms with van der Waals surface area (Å²) in [6.45, 7) is 1.90. The molecular formula is C22H16ClN3O3. The smallest absolute Gasteiger partial charge is 0.306 e. The first-order chi connectivity index (χ1) is 14.1. The van der Waals surface area contributed by atoms with Crippen molar-refractivity contribution in [3.05, 3.63) is 82.3 Å². The Labute approximate surface area is 171 Å². The molecule has 1 amide bonds. The molecule has 0 aliphatic carbocycles. The number of rotatable bonds is 1. The fraction of sp³-hybridized carbons (Fsp3) is 0.182. The van der Waals surface area contributed by atoms with Crippen molar-refractivity contribution >= 4 is 28.9 Å². The molecule has 2 atom stereocenters. The van der Waals surface area contributed by atoms with Gasteiger partial charge in [0.15, 0.2) is 0 Å². The molecule has 0 saturated heterocycles. The van der Waals surface area contributed by atoms with Gasteiger partial charge in [-0.2, -0.15) is 5.10 Å². The quantitative estimate of drug-likeness (QED) is 0.643. The Bertz CT molecular complexity index is 1220. The maximum Gasteiger partial charge on any atom is 0.306 e. The van der Waals surface area contributed by atoms with Crippen molar-refractivity contribution in [1.82, 2.24) is 5.01 Å². The lowest BCUT2D eigenvalue weighted by atomic mass is 9.93. The van der Waals surface area contributed by atoms with Crippen LogP contribution in [0.2, 0.25) is 5.02 Å². The molecule has 6 nitrogen and oxygen atoms in total. The largest absolute Gasteiger partial charge is 0.460 e. The number of nitrogens with one attached hydrogen (secondary N) is 1. The second kappa shape index (κ2) is 5.64. The van der Waals surface area contributed by atoms with Gasteiger partial charge in [0.05, 0.1) is 17.3 Å². The van der Waals surface area contributed by atoms with Crippen LogP contribution in [0.15, 0.2) is 64.1 Å². The van der Waals surface area contributed by atoms with E-state index in [1.54, 1.807) is 23.2 Å². The van der Waals surface area contributed by atoms with E-state index in [1.165, 1.54) is 0 Å². The number of benzene rings is 2. The third-order valence-corrected chi connectivity index (χ3v) is 5.93. The van der Waals surface area contributed by atoms with Crippen LogP contribution in [-0.4, -0.2) is 16.6 Å². The fourth-order valence-corrected chi connectivity index (χ4v) is 4.57. The number of anilines is 1. The standard InChI is InChI=1S/C22H16ClN3O3/c1-12-6-9-20(28-12)17-11-18-14-4-2-3-5-19(14)29-22(26(18)25-17)15-10-13(23)7-8-16(15)24-21(22)27/h2-10,18H,11H2,1H3,(H,24,27)/t18-,22-/m1/s1. The molecule has 0 radical (unpaired) electrons. The van der Waals surface area contributed by atoms with Gasteiger partial charge in [-0.05, 0) is 43.3 Å². The Morgan fingerprint density at radius 1 is 1.21 bits per heavy atom. The molecule has 3 aliphatic rings. The Hall–Kier alpha value is -3.25. The molecular weight excluding hydrogens is 390 g/mol. The van der Waals surface area contributed by atoms with Gasteiger partial charge in [0.2, 0.25) is 0 Å². The van der Waals surface area contributed by atoms with Crippen LogP contribution in [0, 0.1) is 6.92 Å². The molecule has 0 saturated carbocycles. The van der Waals surface area contributed by atoms with Gasteiger partial charge in [0, 0.05) is 17.0 Å². The van der Waals surface area contributed by atoms with E-state index in [1.807, 2.05) is 43.3 Å². The van der Waals surface area contributed by atoms with Crippen molar-refractivity contribution in [2.45, 2.75) is 25.1 Å². The molecule has 144 valence electrons. The van der Waals surface area contributed by atoms with Gasteiger partial charge in [-0.3, -0.25) is 4.79 Å². The number of fused-ring (bicyclic) bond motifs is 6. The zero-order valence-electron chi connectivity index (χ0n) is 15.5. The lowest BCUT2D eigenvalue weighted by molar-refractivity contribution is -0.161. The molecule has 0 fully saturated rings. The number of ether oxygens (including phenoxy) is 1. The van der Waals surface area contributed by atoms with Gasteiger partial charge >= 0.3 is 5.72 Å². The van der Waals surface area contributed by atoms with Gasteiger partial charge in [0.25, 0.3) is 5.91 Å². The Morgan fingerprint density at radius 3 is 2.90 bits per heavy atom. The monoisotopic (exact) mass is 405 g/mol. The van der Waals surface area contributed by atoms with E-state index in [-0.39, 0.29) is 11.9 Å². The molecule has 1 spiro atoms. The predicted octanol–water partition coefficient (Wildman–Crippen LogP) is 4.59. The number of halogens is 1. The molecule has 1 N–H and O–H groups in total. The molecule has 0 bridgehead atoms. The molecule has 3 aliphatic heterocycles. The summed E-state index contributed by atoms with van der Waals surface area (Å²) in [6, 6.07) is 16.7. The highest BCUT2D eigenvalue weighted by molar-refractivity contribution is 6.31. The first-order valence-corrected chi connectivity index (χ1v) is 9.77. The minimum atomic E-state index is -1.41. The van der Waals surface area contributed by atoms with Crippen molar-refractivity contribution in [3.8, 4) is 5.75 Å². The van der Waals surface area contributed by atoms with Crippen LogP contribution in [0.4, 0.5) is 5.69 Å². The number of para-hydroxylation sites is 1. The van der Waals surface area contributed by atoms with E-state index in [2.05, 4.69) is 5.32 Å². The number of hydrazone groups is 1. The SMILES string of the molecule is Cc1ccc(C2=NN3[C@H](C2)c2ccccc2O[C@]32C(=O)Nc3ccc(Cl)cc32)o1. The highest BCUT2D eigenvalue weighted by Crippen LogP contribution is 2.54. The summed E-state index contributed by atoms with van der Waals surface area (Å²) in [4.78, 5) is 13.3. The molecule has 0 unspecified atom stereocenters. The number of furan rings is 1. The van der Waals surface area contributed by atoms with Crippen LogP contribution < -0.4 is 10.1 Å². The number of aryl methyl sites for hydroxylation is 1.